The van der Waals surface area contributed by atoms with Crippen molar-refractivity contribution < 1.29 is 15.3 Å². The molecule has 0 spiro atoms. The number of piperidine rings is 1. The van der Waals surface area contributed by atoms with Gasteiger partial charge in [0.25, 0.3) is 0 Å². The van der Waals surface area contributed by atoms with Gasteiger partial charge in [-0.05, 0) is 0 Å². The van der Waals surface area contributed by atoms with E-state index in [0.29, 0.717) is 13.1 Å². The standard InChI is InChI=1S/C6H13NO3/c8-3-4-1-7-2-5(9)6(4)10/h4-10H,1-3H2/t4-,5-,6+/m0/s1. The van der Waals surface area contributed by atoms with Crippen LogP contribution < -0.4 is 5.32 Å². The number of aliphatic hydroxyl groups excluding tert-OH is 3. The Morgan fingerprint density at radius 2 is 2.00 bits per heavy atom. The van der Waals surface area contributed by atoms with Gasteiger partial charge in [-0.2, -0.15) is 0 Å². The minimum Gasteiger partial charge on any atom is -0.396 e. The summed E-state index contributed by atoms with van der Waals surface area (Å²) < 4.78 is 0. The van der Waals surface area contributed by atoms with Crippen LogP contribution in [0, 0.1) is 5.92 Å². The summed E-state index contributed by atoms with van der Waals surface area (Å²) in [4.78, 5) is 0. The van der Waals surface area contributed by atoms with Crippen molar-refractivity contribution in [2.45, 2.75) is 12.2 Å². The van der Waals surface area contributed by atoms with Crippen LogP contribution in [0.4, 0.5) is 0 Å². The van der Waals surface area contributed by atoms with Gasteiger partial charge in [-0.1, -0.05) is 0 Å². The first-order valence-electron chi connectivity index (χ1n) is 3.43. The first kappa shape index (κ1) is 7.94. The normalized spacial score (nSPS) is 41.7. The molecule has 4 nitrogen and oxygen atoms in total. The van der Waals surface area contributed by atoms with Crippen LogP contribution in [0.1, 0.15) is 0 Å². The molecule has 10 heavy (non-hydrogen) atoms. The number of hydrogen-bond acceptors (Lipinski definition) is 4. The highest BCUT2D eigenvalue weighted by atomic mass is 16.3. The molecule has 0 amide bonds. The van der Waals surface area contributed by atoms with Crippen molar-refractivity contribution in [1.82, 2.24) is 5.32 Å². The summed E-state index contributed by atoms with van der Waals surface area (Å²) >= 11 is 0. The third-order valence-corrected chi connectivity index (χ3v) is 1.87. The fourth-order valence-corrected chi connectivity index (χ4v) is 1.14. The lowest BCUT2D eigenvalue weighted by Gasteiger charge is -2.30. The van der Waals surface area contributed by atoms with Crippen LogP contribution in [0.2, 0.25) is 0 Å². The Kier molecular flexibility index (Phi) is 2.62. The van der Waals surface area contributed by atoms with E-state index in [0.717, 1.165) is 0 Å². The van der Waals surface area contributed by atoms with Crippen molar-refractivity contribution in [3.05, 3.63) is 0 Å². The van der Waals surface area contributed by atoms with Crippen LogP contribution in [0.3, 0.4) is 0 Å². The van der Waals surface area contributed by atoms with Crippen molar-refractivity contribution in [3.63, 3.8) is 0 Å². The maximum atomic E-state index is 9.19. The Morgan fingerprint density at radius 1 is 1.30 bits per heavy atom. The summed E-state index contributed by atoms with van der Waals surface area (Å²) in [5.41, 5.74) is 0. The van der Waals surface area contributed by atoms with Crippen LogP contribution in [0.15, 0.2) is 0 Å². The van der Waals surface area contributed by atoms with Gasteiger partial charge in [-0.15, -0.1) is 0 Å². The molecule has 3 atom stereocenters. The Bertz CT molecular complexity index is 109. The predicted molar refractivity (Wildman–Crippen MR) is 35.5 cm³/mol. The Balaban J connectivity index is 2.42. The number of rotatable bonds is 1. The predicted octanol–water partition coefficient (Wildman–Crippen LogP) is -2.08. The van der Waals surface area contributed by atoms with Gasteiger partial charge in [0.2, 0.25) is 0 Å². The van der Waals surface area contributed by atoms with Crippen molar-refractivity contribution in [2.75, 3.05) is 19.7 Å². The van der Waals surface area contributed by atoms with Crippen molar-refractivity contribution in [3.8, 4) is 0 Å². The molecule has 1 fully saturated rings. The molecule has 0 aromatic carbocycles. The van der Waals surface area contributed by atoms with Gasteiger partial charge in [0.1, 0.15) is 0 Å². The monoisotopic (exact) mass is 147 g/mol. The molecule has 0 aromatic rings. The van der Waals surface area contributed by atoms with Crippen LogP contribution in [-0.4, -0.2) is 47.2 Å². The fraction of sp³-hybridized carbons (Fsp3) is 1.00. The number of nitrogens with one attached hydrogen (secondary N) is 1. The van der Waals surface area contributed by atoms with E-state index in [1.165, 1.54) is 0 Å². The molecule has 1 saturated heterocycles. The van der Waals surface area contributed by atoms with Crippen molar-refractivity contribution >= 4 is 0 Å². The topological polar surface area (TPSA) is 72.7 Å². The van der Waals surface area contributed by atoms with E-state index < -0.39 is 12.2 Å². The summed E-state index contributed by atoms with van der Waals surface area (Å²) in [6.45, 7) is 0.914. The molecular weight excluding hydrogens is 134 g/mol. The van der Waals surface area contributed by atoms with E-state index in [1.54, 1.807) is 0 Å². The van der Waals surface area contributed by atoms with Crippen molar-refractivity contribution in [2.24, 2.45) is 5.92 Å². The fourth-order valence-electron chi connectivity index (χ4n) is 1.14. The van der Waals surface area contributed by atoms with Crippen LogP contribution in [-0.2, 0) is 0 Å². The third-order valence-electron chi connectivity index (χ3n) is 1.87. The van der Waals surface area contributed by atoms with Gasteiger partial charge >= 0.3 is 0 Å². The minimum absolute atomic E-state index is 0.0781. The average molecular weight is 147 g/mol. The van der Waals surface area contributed by atoms with Gasteiger partial charge in [0.15, 0.2) is 0 Å². The molecule has 1 heterocycles. The summed E-state index contributed by atoms with van der Waals surface area (Å²) in [5, 5.41) is 29.8. The molecule has 0 bridgehead atoms. The van der Waals surface area contributed by atoms with E-state index in [4.69, 9.17) is 10.2 Å². The molecule has 60 valence electrons. The van der Waals surface area contributed by atoms with E-state index >= 15 is 0 Å². The summed E-state index contributed by atoms with van der Waals surface area (Å²) in [5.74, 6) is -0.219. The second-order valence-electron chi connectivity index (χ2n) is 2.66. The largest absolute Gasteiger partial charge is 0.396 e. The molecule has 1 aliphatic heterocycles. The van der Waals surface area contributed by atoms with Crippen LogP contribution in [0.25, 0.3) is 0 Å². The molecule has 4 heteroatoms. The molecular formula is C6H13NO3. The highest BCUT2D eigenvalue weighted by Gasteiger charge is 2.29. The minimum atomic E-state index is -0.772. The number of hydrogen-bond donors (Lipinski definition) is 4. The molecule has 1 rings (SSSR count). The zero-order valence-electron chi connectivity index (χ0n) is 5.70. The SMILES string of the molecule is OC[C@@H]1CNC[C@H](O)[C@@H]1O. The second-order valence-corrected chi connectivity index (χ2v) is 2.66. The van der Waals surface area contributed by atoms with E-state index in [2.05, 4.69) is 5.32 Å². The zero-order valence-corrected chi connectivity index (χ0v) is 5.70. The lowest BCUT2D eigenvalue weighted by atomic mass is 9.95. The molecule has 0 aliphatic carbocycles. The second kappa shape index (κ2) is 3.30. The third kappa shape index (κ3) is 1.46. The first-order valence-corrected chi connectivity index (χ1v) is 3.43. The lowest BCUT2D eigenvalue weighted by molar-refractivity contribution is -0.0490. The number of aliphatic hydroxyl groups is 3. The van der Waals surface area contributed by atoms with Crippen LogP contribution in [0.5, 0.6) is 0 Å². The van der Waals surface area contributed by atoms with Gasteiger partial charge in [-0.3, -0.25) is 0 Å². The highest BCUT2D eigenvalue weighted by Crippen LogP contribution is 2.10. The van der Waals surface area contributed by atoms with E-state index in [-0.39, 0.29) is 12.5 Å². The van der Waals surface area contributed by atoms with E-state index in [1.807, 2.05) is 0 Å². The quantitative estimate of drug-likeness (QED) is 0.343. The first-order chi connectivity index (χ1) is 4.75. The lowest BCUT2D eigenvalue weighted by Crippen LogP contribution is -2.51. The summed E-state index contributed by atoms with van der Waals surface area (Å²) in [6.07, 6.45) is -1.50. The molecule has 0 radical (unpaired) electrons. The smallest absolute Gasteiger partial charge is 0.0927 e. The zero-order chi connectivity index (χ0) is 7.56. The molecule has 0 saturated carbocycles. The van der Waals surface area contributed by atoms with Gasteiger partial charge in [0, 0.05) is 25.6 Å². The number of β-amino-alcohol motifs (C(OH)–C–C–N with tert-alkyl or cyclic N) is 1. The molecule has 0 aromatic heterocycles. The molecule has 0 unspecified atom stereocenters. The van der Waals surface area contributed by atoms with Crippen molar-refractivity contribution in [1.29, 1.82) is 0 Å². The van der Waals surface area contributed by atoms with Gasteiger partial charge in [-0.25, -0.2) is 0 Å². The molecule has 1 aliphatic rings. The molecule has 4 N–H and O–H groups in total. The Hall–Kier alpha value is -0.160. The summed E-state index contributed by atoms with van der Waals surface area (Å²) in [7, 11) is 0. The highest BCUT2D eigenvalue weighted by molar-refractivity contribution is 4.83. The van der Waals surface area contributed by atoms with Crippen LogP contribution >= 0.6 is 0 Å². The Morgan fingerprint density at radius 3 is 2.50 bits per heavy atom. The Labute approximate surface area is 59.5 Å². The summed E-state index contributed by atoms with van der Waals surface area (Å²) in [6, 6.07) is 0. The van der Waals surface area contributed by atoms with E-state index in [9.17, 15) is 5.11 Å². The van der Waals surface area contributed by atoms with Gasteiger partial charge < -0.3 is 20.6 Å². The maximum Gasteiger partial charge on any atom is 0.0927 e. The average Bonchev–Trinajstić information content (AvgIpc) is 1.95. The maximum absolute atomic E-state index is 9.19. The van der Waals surface area contributed by atoms with Gasteiger partial charge in [0.05, 0.1) is 12.2 Å².